The van der Waals surface area contributed by atoms with Gasteiger partial charge < -0.3 is 4.98 Å². The lowest BCUT2D eigenvalue weighted by molar-refractivity contribution is 0.344. The van der Waals surface area contributed by atoms with Crippen LogP contribution in [0.1, 0.15) is 17.2 Å². The van der Waals surface area contributed by atoms with E-state index in [2.05, 4.69) is 54.4 Å². The molecule has 2 aromatic carbocycles. The maximum atomic E-state index is 6.15. The lowest BCUT2D eigenvalue weighted by Gasteiger charge is -2.24. The van der Waals surface area contributed by atoms with Crippen molar-refractivity contribution in [1.82, 2.24) is 9.88 Å². The second-order valence-electron chi connectivity index (χ2n) is 5.21. The van der Waals surface area contributed by atoms with Gasteiger partial charge in [-0.2, -0.15) is 0 Å². The van der Waals surface area contributed by atoms with Crippen LogP contribution < -0.4 is 0 Å². The van der Waals surface area contributed by atoms with Gasteiger partial charge in [0.25, 0.3) is 0 Å². The molecule has 1 unspecified atom stereocenters. The van der Waals surface area contributed by atoms with Gasteiger partial charge >= 0.3 is 0 Å². The van der Waals surface area contributed by atoms with Crippen LogP contribution >= 0.6 is 11.6 Å². The van der Waals surface area contributed by atoms with Crippen LogP contribution in [-0.2, 0) is 0 Å². The molecule has 3 heteroatoms. The van der Waals surface area contributed by atoms with E-state index in [9.17, 15) is 0 Å². The molecule has 1 N–H and O–H groups in total. The number of aromatic nitrogens is 1. The Bertz CT molecular complexity index is 716. The third kappa shape index (κ3) is 2.33. The number of benzene rings is 2. The monoisotopic (exact) mass is 284 g/mol. The molecule has 3 aromatic rings. The van der Waals surface area contributed by atoms with Crippen LogP contribution in [0.3, 0.4) is 0 Å². The van der Waals surface area contributed by atoms with Gasteiger partial charge in [0.05, 0.1) is 6.04 Å². The molecule has 2 nitrogen and oxygen atoms in total. The summed E-state index contributed by atoms with van der Waals surface area (Å²) in [7, 11) is 4.20. The van der Waals surface area contributed by atoms with E-state index >= 15 is 0 Å². The molecule has 0 spiro atoms. The van der Waals surface area contributed by atoms with Crippen molar-refractivity contribution in [3.8, 4) is 0 Å². The lowest BCUT2D eigenvalue weighted by atomic mass is 9.97. The molecule has 0 saturated carbocycles. The van der Waals surface area contributed by atoms with E-state index in [-0.39, 0.29) is 6.04 Å². The lowest BCUT2D eigenvalue weighted by Crippen LogP contribution is -2.20. The molecule has 3 rings (SSSR count). The highest BCUT2D eigenvalue weighted by molar-refractivity contribution is 6.31. The maximum absolute atomic E-state index is 6.15. The van der Waals surface area contributed by atoms with Gasteiger partial charge in [0.1, 0.15) is 0 Å². The van der Waals surface area contributed by atoms with Crippen molar-refractivity contribution in [3.05, 3.63) is 70.9 Å². The maximum Gasteiger partial charge on any atom is 0.0617 e. The van der Waals surface area contributed by atoms with E-state index in [1.54, 1.807) is 0 Å². The zero-order chi connectivity index (χ0) is 14.1. The quantitative estimate of drug-likeness (QED) is 0.752. The Morgan fingerprint density at radius 2 is 1.80 bits per heavy atom. The van der Waals surface area contributed by atoms with Crippen molar-refractivity contribution in [2.24, 2.45) is 0 Å². The van der Waals surface area contributed by atoms with Crippen molar-refractivity contribution in [1.29, 1.82) is 0 Å². The van der Waals surface area contributed by atoms with Gasteiger partial charge in [0.15, 0.2) is 0 Å². The first-order chi connectivity index (χ1) is 9.66. The van der Waals surface area contributed by atoms with Gasteiger partial charge in [-0.25, -0.2) is 0 Å². The number of aromatic amines is 1. The van der Waals surface area contributed by atoms with Gasteiger partial charge in [-0.15, -0.1) is 0 Å². The highest BCUT2D eigenvalue weighted by atomic mass is 35.5. The van der Waals surface area contributed by atoms with Crippen LogP contribution in [0.2, 0.25) is 5.02 Å². The largest absolute Gasteiger partial charge is 0.361 e. The highest BCUT2D eigenvalue weighted by Gasteiger charge is 2.19. The Labute approximate surface area is 124 Å². The second kappa shape index (κ2) is 5.31. The highest BCUT2D eigenvalue weighted by Crippen LogP contribution is 2.33. The molecule has 0 aliphatic rings. The summed E-state index contributed by atoms with van der Waals surface area (Å²) in [5.41, 5.74) is 3.64. The smallest absolute Gasteiger partial charge is 0.0617 e. The van der Waals surface area contributed by atoms with E-state index in [0.717, 1.165) is 10.5 Å². The molecule has 0 amide bonds. The summed E-state index contributed by atoms with van der Waals surface area (Å²) < 4.78 is 0. The molecule has 1 aromatic heterocycles. The predicted molar refractivity (Wildman–Crippen MR) is 85.3 cm³/mol. The zero-order valence-electron chi connectivity index (χ0n) is 11.6. The number of fused-ring (bicyclic) bond motifs is 1. The molecule has 0 aliphatic heterocycles. The van der Waals surface area contributed by atoms with Gasteiger partial charge in [-0.1, -0.05) is 41.9 Å². The molecule has 102 valence electrons. The van der Waals surface area contributed by atoms with Gasteiger partial charge in [0, 0.05) is 22.1 Å². The fourth-order valence-corrected chi connectivity index (χ4v) is 2.90. The molecule has 0 aliphatic carbocycles. The van der Waals surface area contributed by atoms with E-state index < -0.39 is 0 Å². The fraction of sp³-hybridized carbons (Fsp3) is 0.176. The minimum absolute atomic E-state index is 0.211. The Hall–Kier alpha value is -1.77. The first kappa shape index (κ1) is 13.2. The minimum Gasteiger partial charge on any atom is -0.361 e. The summed E-state index contributed by atoms with van der Waals surface area (Å²) in [5, 5.41) is 1.95. The average molecular weight is 285 g/mol. The molecule has 0 bridgehead atoms. The molecule has 0 saturated heterocycles. The molecule has 1 atom stereocenters. The Morgan fingerprint density at radius 3 is 2.50 bits per heavy atom. The SMILES string of the molecule is CN(C)C(c1ccccc1)c1c[nH]c2ccc(Cl)cc12. The number of rotatable bonds is 3. The van der Waals surface area contributed by atoms with Gasteiger partial charge in [-0.05, 0) is 43.4 Å². The minimum atomic E-state index is 0.211. The van der Waals surface area contributed by atoms with Gasteiger partial charge in [0.2, 0.25) is 0 Å². The van der Waals surface area contributed by atoms with Crippen molar-refractivity contribution in [2.45, 2.75) is 6.04 Å². The van der Waals surface area contributed by atoms with Crippen molar-refractivity contribution >= 4 is 22.5 Å². The Balaban J connectivity index is 2.18. The van der Waals surface area contributed by atoms with Crippen LogP contribution in [0, 0.1) is 0 Å². The summed E-state index contributed by atoms with van der Waals surface area (Å²) in [6.45, 7) is 0. The summed E-state index contributed by atoms with van der Waals surface area (Å²) >= 11 is 6.15. The molecular weight excluding hydrogens is 268 g/mol. The molecule has 1 heterocycles. The Kier molecular flexibility index (Phi) is 3.51. The van der Waals surface area contributed by atoms with E-state index in [1.165, 1.54) is 16.5 Å². The van der Waals surface area contributed by atoms with Gasteiger partial charge in [-0.3, -0.25) is 4.90 Å². The summed E-state index contributed by atoms with van der Waals surface area (Å²) in [5.74, 6) is 0. The van der Waals surface area contributed by atoms with Crippen LogP contribution in [0.5, 0.6) is 0 Å². The topological polar surface area (TPSA) is 19.0 Å². The summed E-state index contributed by atoms with van der Waals surface area (Å²) in [4.78, 5) is 5.56. The number of H-pyrrole nitrogens is 1. The number of nitrogens with zero attached hydrogens (tertiary/aromatic N) is 1. The summed E-state index contributed by atoms with van der Waals surface area (Å²) in [6, 6.07) is 16.7. The number of halogens is 1. The zero-order valence-corrected chi connectivity index (χ0v) is 12.4. The van der Waals surface area contributed by atoms with Crippen LogP contribution in [0.25, 0.3) is 10.9 Å². The normalized spacial score (nSPS) is 13.0. The van der Waals surface area contributed by atoms with E-state index in [1.807, 2.05) is 24.3 Å². The number of nitrogens with one attached hydrogen (secondary N) is 1. The standard InChI is InChI=1S/C17H17ClN2/c1-20(2)17(12-6-4-3-5-7-12)15-11-19-16-9-8-13(18)10-14(15)16/h3-11,17,19H,1-2H3. The van der Waals surface area contributed by atoms with E-state index in [0.29, 0.717) is 0 Å². The molecular formula is C17H17ClN2. The molecule has 0 radical (unpaired) electrons. The summed E-state index contributed by atoms with van der Waals surface area (Å²) in [6.07, 6.45) is 2.08. The fourth-order valence-electron chi connectivity index (χ4n) is 2.73. The van der Waals surface area contributed by atoms with Crippen LogP contribution in [0.4, 0.5) is 0 Å². The van der Waals surface area contributed by atoms with Crippen LogP contribution in [0.15, 0.2) is 54.7 Å². The van der Waals surface area contributed by atoms with Crippen molar-refractivity contribution in [3.63, 3.8) is 0 Å². The molecule has 20 heavy (non-hydrogen) atoms. The third-order valence-electron chi connectivity index (χ3n) is 3.60. The third-order valence-corrected chi connectivity index (χ3v) is 3.84. The number of hydrogen-bond acceptors (Lipinski definition) is 1. The molecule has 0 fully saturated rings. The Morgan fingerprint density at radius 1 is 1.05 bits per heavy atom. The van der Waals surface area contributed by atoms with Crippen molar-refractivity contribution < 1.29 is 0 Å². The second-order valence-corrected chi connectivity index (χ2v) is 5.65. The number of hydrogen-bond donors (Lipinski definition) is 1. The predicted octanol–water partition coefficient (Wildman–Crippen LogP) is 4.47. The first-order valence-corrected chi connectivity index (χ1v) is 7.02. The van der Waals surface area contributed by atoms with E-state index in [4.69, 9.17) is 11.6 Å². The van der Waals surface area contributed by atoms with Crippen LogP contribution in [-0.4, -0.2) is 24.0 Å². The first-order valence-electron chi connectivity index (χ1n) is 6.65. The average Bonchev–Trinajstić information content (AvgIpc) is 2.83. The van der Waals surface area contributed by atoms with Crippen molar-refractivity contribution in [2.75, 3.05) is 14.1 Å².